The summed E-state index contributed by atoms with van der Waals surface area (Å²) in [6.45, 7) is 4.07. The minimum Gasteiger partial charge on any atom is -0.356 e. The van der Waals surface area contributed by atoms with E-state index in [1.807, 2.05) is 18.5 Å². The van der Waals surface area contributed by atoms with Crippen molar-refractivity contribution in [3.63, 3.8) is 0 Å². The fourth-order valence-corrected chi connectivity index (χ4v) is 3.49. The molecule has 0 fully saturated rings. The molecular formula is C19H28IN7S. The van der Waals surface area contributed by atoms with Crippen LogP contribution >= 0.6 is 35.3 Å². The molecule has 3 rings (SSSR count). The van der Waals surface area contributed by atoms with Crippen LogP contribution in [0, 0.1) is 6.92 Å². The number of rotatable bonds is 7. The van der Waals surface area contributed by atoms with Gasteiger partial charge in [0.05, 0.1) is 6.54 Å². The smallest absolute Gasteiger partial charge is 0.194 e. The van der Waals surface area contributed by atoms with Gasteiger partial charge in [-0.2, -0.15) is 0 Å². The lowest BCUT2D eigenvalue weighted by Gasteiger charge is -2.23. The zero-order chi connectivity index (χ0) is 19.2. The predicted octanol–water partition coefficient (Wildman–Crippen LogP) is 2.96. The highest BCUT2D eigenvalue weighted by Gasteiger charge is 2.11. The van der Waals surface area contributed by atoms with Crippen molar-refractivity contribution in [2.45, 2.75) is 26.4 Å². The molecule has 0 aliphatic heterocycles. The van der Waals surface area contributed by atoms with Gasteiger partial charge in [-0.3, -0.25) is 0 Å². The second-order valence-corrected chi connectivity index (χ2v) is 7.62. The van der Waals surface area contributed by atoms with Crippen molar-refractivity contribution in [2.75, 3.05) is 13.6 Å². The van der Waals surface area contributed by atoms with Gasteiger partial charge in [0, 0.05) is 44.5 Å². The molecule has 0 atom stereocenters. The van der Waals surface area contributed by atoms with Crippen molar-refractivity contribution >= 4 is 41.3 Å². The Balaban J connectivity index is 0.00000280. The van der Waals surface area contributed by atoms with Gasteiger partial charge >= 0.3 is 0 Å². The molecular weight excluding hydrogens is 485 g/mol. The molecule has 152 valence electrons. The first-order valence-corrected chi connectivity index (χ1v) is 9.89. The van der Waals surface area contributed by atoms with E-state index in [1.165, 1.54) is 10.6 Å². The lowest BCUT2D eigenvalue weighted by Crippen LogP contribution is -2.39. The minimum atomic E-state index is 0. The average molecular weight is 513 g/mol. The number of aryl methyl sites for hydroxylation is 2. The second kappa shape index (κ2) is 10.6. The summed E-state index contributed by atoms with van der Waals surface area (Å²) in [5.41, 5.74) is 1.24. The van der Waals surface area contributed by atoms with Crippen molar-refractivity contribution in [1.82, 2.24) is 29.5 Å². The van der Waals surface area contributed by atoms with Crippen LogP contribution in [0.15, 0.2) is 40.8 Å². The Morgan fingerprint density at radius 1 is 1.25 bits per heavy atom. The Kier molecular flexibility index (Phi) is 8.49. The number of hydrogen-bond acceptors (Lipinski definition) is 4. The zero-order valence-corrected chi connectivity index (χ0v) is 19.9. The van der Waals surface area contributed by atoms with E-state index in [9.17, 15) is 0 Å². The zero-order valence-electron chi connectivity index (χ0n) is 16.8. The highest BCUT2D eigenvalue weighted by Crippen LogP contribution is 2.09. The van der Waals surface area contributed by atoms with Gasteiger partial charge in [0.25, 0.3) is 0 Å². The highest BCUT2D eigenvalue weighted by atomic mass is 127. The van der Waals surface area contributed by atoms with Crippen LogP contribution in [0.25, 0.3) is 0 Å². The molecule has 0 saturated carbocycles. The molecule has 0 aliphatic carbocycles. The van der Waals surface area contributed by atoms with E-state index in [0.29, 0.717) is 6.54 Å². The Bertz CT molecular complexity index is 882. The molecule has 0 aromatic carbocycles. The second-order valence-electron chi connectivity index (χ2n) is 6.58. The van der Waals surface area contributed by atoms with Crippen LogP contribution in [0.1, 0.15) is 22.2 Å². The first kappa shape index (κ1) is 22.4. The summed E-state index contributed by atoms with van der Waals surface area (Å²) in [6, 6.07) is 8.45. The fraction of sp³-hybridized carbons (Fsp3) is 0.421. The Morgan fingerprint density at radius 2 is 2.07 bits per heavy atom. The fourth-order valence-electron chi connectivity index (χ4n) is 2.78. The van der Waals surface area contributed by atoms with E-state index in [-0.39, 0.29) is 24.0 Å². The number of nitrogens with one attached hydrogen (secondary N) is 1. The molecule has 3 heterocycles. The molecule has 7 nitrogen and oxygen atoms in total. The molecule has 1 N–H and O–H groups in total. The summed E-state index contributed by atoms with van der Waals surface area (Å²) in [4.78, 5) is 8.32. The number of thiophene rings is 1. The SMILES string of the molecule is Cc1nnc(CN=C(NCCc2cccs2)N(C)Cc2cccn2C)n1C.I. The van der Waals surface area contributed by atoms with E-state index in [0.717, 1.165) is 37.1 Å². The highest BCUT2D eigenvalue weighted by molar-refractivity contribution is 14.0. The van der Waals surface area contributed by atoms with E-state index < -0.39 is 0 Å². The molecule has 0 unspecified atom stereocenters. The predicted molar refractivity (Wildman–Crippen MR) is 125 cm³/mol. The van der Waals surface area contributed by atoms with Crippen molar-refractivity contribution in [2.24, 2.45) is 19.1 Å². The molecule has 0 spiro atoms. The summed E-state index contributed by atoms with van der Waals surface area (Å²) in [5, 5.41) is 13.9. The molecule has 3 aromatic rings. The summed E-state index contributed by atoms with van der Waals surface area (Å²) in [5.74, 6) is 2.62. The molecule has 0 radical (unpaired) electrons. The van der Waals surface area contributed by atoms with E-state index in [4.69, 9.17) is 4.99 Å². The monoisotopic (exact) mass is 513 g/mol. The van der Waals surface area contributed by atoms with Gasteiger partial charge in [0.15, 0.2) is 11.8 Å². The summed E-state index contributed by atoms with van der Waals surface area (Å²) in [7, 11) is 6.09. The van der Waals surface area contributed by atoms with Gasteiger partial charge in [0.1, 0.15) is 12.4 Å². The van der Waals surface area contributed by atoms with Gasteiger partial charge < -0.3 is 19.4 Å². The van der Waals surface area contributed by atoms with Crippen molar-refractivity contribution in [3.05, 3.63) is 58.1 Å². The van der Waals surface area contributed by atoms with Crippen LogP contribution in [0.4, 0.5) is 0 Å². The molecule has 0 bridgehead atoms. The number of aliphatic imine (C=N–C) groups is 1. The van der Waals surface area contributed by atoms with E-state index >= 15 is 0 Å². The standard InChI is InChI=1S/C19H27N7S.HI/c1-15-22-23-18(26(15)4)13-21-19(20-10-9-17-8-6-12-27-17)25(3)14-16-7-5-11-24(16)2;/h5-8,11-12H,9-10,13-14H2,1-4H3,(H,20,21);1H. The number of halogens is 1. The maximum absolute atomic E-state index is 4.80. The Hall–Kier alpha value is -1.88. The van der Waals surface area contributed by atoms with Crippen molar-refractivity contribution < 1.29 is 0 Å². The summed E-state index contributed by atoms with van der Waals surface area (Å²) < 4.78 is 4.11. The normalized spacial score (nSPS) is 11.4. The van der Waals surface area contributed by atoms with Crippen LogP contribution < -0.4 is 5.32 Å². The quantitative estimate of drug-likeness (QED) is 0.300. The molecule has 0 saturated heterocycles. The third kappa shape index (κ3) is 5.81. The average Bonchev–Trinajstić information content (AvgIpc) is 3.37. The van der Waals surface area contributed by atoms with Gasteiger partial charge in [0.2, 0.25) is 0 Å². The largest absolute Gasteiger partial charge is 0.356 e. The number of hydrogen-bond donors (Lipinski definition) is 1. The maximum Gasteiger partial charge on any atom is 0.194 e. The van der Waals surface area contributed by atoms with Crippen LogP contribution in [0.2, 0.25) is 0 Å². The molecule has 3 aromatic heterocycles. The van der Waals surface area contributed by atoms with Gasteiger partial charge in [-0.05, 0) is 36.9 Å². The third-order valence-corrected chi connectivity index (χ3v) is 5.54. The summed E-state index contributed by atoms with van der Waals surface area (Å²) in [6.07, 6.45) is 3.05. The lowest BCUT2D eigenvalue weighted by molar-refractivity contribution is 0.460. The topological polar surface area (TPSA) is 63.3 Å². The molecule has 28 heavy (non-hydrogen) atoms. The Morgan fingerprint density at radius 3 is 2.68 bits per heavy atom. The number of aromatic nitrogens is 4. The first-order valence-electron chi connectivity index (χ1n) is 9.01. The third-order valence-electron chi connectivity index (χ3n) is 4.60. The van der Waals surface area contributed by atoms with Crippen LogP contribution in [0.3, 0.4) is 0 Å². The maximum atomic E-state index is 4.80. The van der Waals surface area contributed by atoms with Crippen LogP contribution in [-0.2, 0) is 33.6 Å². The minimum absolute atomic E-state index is 0. The molecule has 0 amide bonds. The Labute approximate surface area is 187 Å². The van der Waals surface area contributed by atoms with Gasteiger partial charge in [-0.1, -0.05) is 6.07 Å². The molecule has 9 heteroatoms. The van der Waals surface area contributed by atoms with E-state index in [1.54, 1.807) is 11.3 Å². The summed E-state index contributed by atoms with van der Waals surface area (Å²) >= 11 is 1.79. The number of guanidine groups is 1. The number of nitrogens with zero attached hydrogens (tertiary/aromatic N) is 6. The van der Waals surface area contributed by atoms with Crippen LogP contribution in [0.5, 0.6) is 0 Å². The van der Waals surface area contributed by atoms with Crippen molar-refractivity contribution in [3.8, 4) is 0 Å². The van der Waals surface area contributed by atoms with Gasteiger partial charge in [-0.15, -0.1) is 45.5 Å². The van der Waals surface area contributed by atoms with Crippen molar-refractivity contribution in [1.29, 1.82) is 0 Å². The van der Waals surface area contributed by atoms with Crippen LogP contribution in [-0.4, -0.2) is 43.8 Å². The lowest BCUT2D eigenvalue weighted by atomic mass is 10.3. The molecule has 0 aliphatic rings. The van der Waals surface area contributed by atoms with E-state index in [2.05, 4.69) is 74.9 Å². The van der Waals surface area contributed by atoms with Gasteiger partial charge in [-0.25, -0.2) is 4.99 Å². The first-order chi connectivity index (χ1) is 13.0.